The number of allylic oxidation sites excluding steroid dienone is 6. The smallest absolute Gasteiger partial charge is 0.0165 e. The quantitative estimate of drug-likeness (QED) is 0.539. The van der Waals surface area contributed by atoms with Gasteiger partial charge in [-0.15, -0.1) is 0 Å². The molecule has 3 aliphatic rings. The molecule has 1 aromatic carbocycles. The molecule has 0 heterocycles. The molecular weight excluding hydrogens is 288 g/mol. The molecule has 24 heavy (non-hydrogen) atoms. The summed E-state index contributed by atoms with van der Waals surface area (Å²) in [5.41, 5.74) is 6.85. The average molecular weight is 319 g/mol. The third kappa shape index (κ3) is 1.92. The standard InChI is InChI=1S/C24H30/c1-17-18(2)24(4,20-13-8-9-14-20)22-16-10-15-21(22)23(17,3)19-11-6-5-7-12-19/h5-9,11-13,21-22H,10,14-16H2,1-4H3. The van der Waals surface area contributed by atoms with Gasteiger partial charge in [0.15, 0.2) is 0 Å². The summed E-state index contributed by atoms with van der Waals surface area (Å²) in [6.45, 7) is 9.89. The summed E-state index contributed by atoms with van der Waals surface area (Å²) in [6, 6.07) is 11.3. The Hall–Kier alpha value is -1.56. The number of fused-ring (bicyclic) bond motifs is 1. The van der Waals surface area contributed by atoms with Crippen LogP contribution in [0.5, 0.6) is 0 Å². The lowest BCUT2D eigenvalue weighted by Gasteiger charge is -2.54. The summed E-state index contributed by atoms with van der Waals surface area (Å²) in [4.78, 5) is 0. The third-order valence-corrected chi connectivity index (χ3v) is 7.93. The van der Waals surface area contributed by atoms with Crippen molar-refractivity contribution in [3.8, 4) is 0 Å². The highest BCUT2D eigenvalue weighted by molar-refractivity contribution is 5.48. The molecule has 0 amide bonds. The van der Waals surface area contributed by atoms with Crippen LogP contribution < -0.4 is 0 Å². The van der Waals surface area contributed by atoms with Gasteiger partial charge in [-0.2, -0.15) is 0 Å². The molecular formula is C24H30. The molecule has 4 unspecified atom stereocenters. The van der Waals surface area contributed by atoms with Crippen LogP contribution in [0.25, 0.3) is 0 Å². The normalized spacial score (nSPS) is 38.4. The monoisotopic (exact) mass is 318 g/mol. The molecule has 0 aliphatic heterocycles. The van der Waals surface area contributed by atoms with E-state index < -0.39 is 0 Å². The summed E-state index contributed by atoms with van der Waals surface area (Å²) < 4.78 is 0. The van der Waals surface area contributed by atoms with Crippen molar-refractivity contribution in [3.05, 3.63) is 70.8 Å². The SMILES string of the molecule is CC1=C(C)C(C)(c2ccccc2)C2CCCC2C1(C)C1=CC=CC1. The van der Waals surface area contributed by atoms with Gasteiger partial charge in [0.05, 0.1) is 0 Å². The van der Waals surface area contributed by atoms with Gasteiger partial charge >= 0.3 is 0 Å². The number of hydrogen-bond donors (Lipinski definition) is 0. The van der Waals surface area contributed by atoms with Crippen LogP contribution in [0.3, 0.4) is 0 Å². The fraction of sp³-hybridized carbons (Fsp3) is 0.500. The first kappa shape index (κ1) is 15.9. The molecule has 1 aromatic rings. The summed E-state index contributed by atoms with van der Waals surface area (Å²) in [7, 11) is 0. The van der Waals surface area contributed by atoms with E-state index in [9.17, 15) is 0 Å². The predicted octanol–water partition coefficient (Wildman–Crippen LogP) is 6.60. The van der Waals surface area contributed by atoms with Gasteiger partial charge < -0.3 is 0 Å². The second-order valence-electron chi connectivity index (χ2n) is 8.49. The summed E-state index contributed by atoms with van der Waals surface area (Å²) in [5, 5.41) is 0. The summed E-state index contributed by atoms with van der Waals surface area (Å²) in [6.07, 6.45) is 12.3. The van der Waals surface area contributed by atoms with Crippen molar-refractivity contribution in [1.29, 1.82) is 0 Å². The van der Waals surface area contributed by atoms with Gasteiger partial charge in [0, 0.05) is 10.8 Å². The van der Waals surface area contributed by atoms with Crippen LogP contribution in [0, 0.1) is 17.3 Å². The first-order valence-electron chi connectivity index (χ1n) is 9.61. The van der Waals surface area contributed by atoms with Crippen molar-refractivity contribution in [2.45, 2.75) is 58.8 Å². The molecule has 1 saturated carbocycles. The van der Waals surface area contributed by atoms with Crippen LogP contribution in [0.1, 0.15) is 58.9 Å². The Balaban J connectivity index is 1.92. The minimum atomic E-state index is 0.193. The van der Waals surface area contributed by atoms with E-state index in [1.54, 1.807) is 16.7 Å². The van der Waals surface area contributed by atoms with Crippen molar-refractivity contribution in [1.82, 2.24) is 0 Å². The van der Waals surface area contributed by atoms with Gasteiger partial charge in [0.25, 0.3) is 0 Å². The molecule has 0 radical (unpaired) electrons. The second kappa shape index (κ2) is 5.48. The van der Waals surface area contributed by atoms with E-state index in [2.05, 4.69) is 76.3 Å². The molecule has 0 saturated heterocycles. The number of benzene rings is 1. The van der Waals surface area contributed by atoms with Crippen molar-refractivity contribution in [3.63, 3.8) is 0 Å². The van der Waals surface area contributed by atoms with Gasteiger partial charge in [-0.1, -0.05) is 85.5 Å². The lowest BCUT2D eigenvalue weighted by Crippen LogP contribution is -2.48. The molecule has 0 heteroatoms. The predicted molar refractivity (Wildman–Crippen MR) is 103 cm³/mol. The van der Waals surface area contributed by atoms with Gasteiger partial charge in [0.1, 0.15) is 0 Å². The zero-order valence-electron chi connectivity index (χ0n) is 15.6. The van der Waals surface area contributed by atoms with Crippen molar-refractivity contribution in [2.75, 3.05) is 0 Å². The third-order valence-electron chi connectivity index (χ3n) is 7.93. The number of rotatable bonds is 2. The lowest BCUT2D eigenvalue weighted by molar-refractivity contribution is 0.137. The highest BCUT2D eigenvalue weighted by atomic mass is 14.6. The molecule has 0 nitrogen and oxygen atoms in total. The highest BCUT2D eigenvalue weighted by Crippen LogP contribution is 2.64. The van der Waals surface area contributed by atoms with E-state index in [-0.39, 0.29) is 10.8 Å². The maximum atomic E-state index is 2.54. The van der Waals surface area contributed by atoms with E-state index in [4.69, 9.17) is 0 Å². The molecule has 3 aliphatic carbocycles. The van der Waals surface area contributed by atoms with Gasteiger partial charge in [-0.25, -0.2) is 0 Å². The Labute approximate surface area is 147 Å². The largest absolute Gasteiger partial charge is 0.0804 e. The van der Waals surface area contributed by atoms with E-state index in [1.165, 1.54) is 24.8 Å². The van der Waals surface area contributed by atoms with Gasteiger partial charge in [-0.3, -0.25) is 0 Å². The number of hydrogen-bond acceptors (Lipinski definition) is 0. The first-order valence-corrected chi connectivity index (χ1v) is 9.61. The van der Waals surface area contributed by atoms with Crippen molar-refractivity contribution < 1.29 is 0 Å². The molecule has 126 valence electrons. The molecule has 0 aromatic heterocycles. The van der Waals surface area contributed by atoms with E-state index in [1.807, 2.05) is 0 Å². The fourth-order valence-electron chi connectivity index (χ4n) is 6.20. The first-order chi connectivity index (χ1) is 11.5. The lowest BCUT2D eigenvalue weighted by atomic mass is 9.49. The van der Waals surface area contributed by atoms with Crippen LogP contribution in [0.15, 0.2) is 65.3 Å². The maximum Gasteiger partial charge on any atom is 0.0165 e. The van der Waals surface area contributed by atoms with Crippen molar-refractivity contribution in [2.24, 2.45) is 17.3 Å². The van der Waals surface area contributed by atoms with Crippen LogP contribution in [-0.2, 0) is 5.41 Å². The molecule has 0 N–H and O–H groups in total. The Morgan fingerprint density at radius 2 is 1.50 bits per heavy atom. The second-order valence-corrected chi connectivity index (χ2v) is 8.49. The molecule has 1 fully saturated rings. The minimum Gasteiger partial charge on any atom is -0.0804 e. The van der Waals surface area contributed by atoms with E-state index in [0.717, 1.165) is 18.3 Å². The molecule has 4 rings (SSSR count). The van der Waals surface area contributed by atoms with Crippen LogP contribution in [0.4, 0.5) is 0 Å². The Bertz CT molecular complexity index is 733. The highest BCUT2D eigenvalue weighted by Gasteiger charge is 2.56. The minimum absolute atomic E-state index is 0.193. The Kier molecular flexibility index (Phi) is 3.64. The molecule has 4 atom stereocenters. The average Bonchev–Trinajstić information content (AvgIpc) is 3.30. The Morgan fingerprint density at radius 3 is 2.12 bits per heavy atom. The van der Waals surface area contributed by atoms with Gasteiger partial charge in [-0.05, 0) is 50.5 Å². The van der Waals surface area contributed by atoms with Gasteiger partial charge in [0.2, 0.25) is 0 Å². The fourth-order valence-corrected chi connectivity index (χ4v) is 6.20. The Morgan fingerprint density at radius 1 is 0.875 bits per heavy atom. The van der Waals surface area contributed by atoms with Crippen LogP contribution in [-0.4, -0.2) is 0 Å². The zero-order valence-corrected chi connectivity index (χ0v) is 15.6. The summed E-state index contributed by atoms with van der Waals surface area (Å²) in [5.74, 6) is 1.53. The topological polar surface area (TPSA) is 0 Å². The maximum absolute atomic E-state index is 2.54. The van der Waals surface area contributed by atoms with Crippen LogP contribution >= 0.6 is 0 Å². The molecule has 0 spiro atoms. The van der Waals surface area contributed by atoms with Crippen LogP contribution in [0.2, 0.25) is 0 Å². The van der Waals surface area contributed by atoms with E-state index >= 15 is 0 Å². The zero-order chi connectivity index (χ0) is 16.9. The van der Waals surface area contributed by atoms with Crippen molar-refractivity contribution >= 4 is 0 Å². The summed E-state index contributed by atoms with van der Waals surface area (Å²) >= 11 is 0. The van der Waals surface area contributed by atoms with E-state index in [0.29, 0.717) is 0 Å². The molecule has 0 bridgehead atoms.